The molecule has 1 unspecified atom stereocenters. The van der Waals surface area contributed by atoms with E-state index in [9.17, 15) is 0 Å². The Labute approximate surface area is 132 Å². The van der Waals surface area contributed by atoms with Crippen molar-refractivity contribution in [3.63, 3.8) is 0 Å². The van der Waals surface area contributed by atoms with Crippen molar-refractivity contribution in [2.45, 2.75) is 33.0 Å². The molecule has 0 aliphatic rings. The number of benzene rings is 2. The molecule has 0 radical (unpaired) electrons. The summed E-state index contributed by atoms with van der Waals surface area (Å²) in [5.74, 6) is 0. The number of hydrogen-bond donors (Lipinski definition) is 1. The maximum absolute atomic E-state index is 6.03. The third kappa shape index (κ3) is 5.50. The average molecular weight is 304 g/mol. The summed E-state index contributed by atoms with van der Waals surface area (Å²) in [6.45, 7) is 6.34. The van der Waals surface area contributed by atoms with Gasteiger partial charge in [-0.3, -0.25) is 0 Å². The van der Waals surface area contributed by atoms with E-state index >= 15 is 0 Å². The average Bonchev–Trinajstić information content (AvgIpc) is 2.49. The monoisotopic (exact) mass is 303 g/mol. The van der Waals surface area contributed by atoms with E-state index in [0.29, 0.717) is 19.3 Å². The lowest BCUT2D eigenvalue weighted by Gasteiger charge is -2.15. The minimum absolute atomic E-state index is 0.310. The lowest BCUT2D eigenvalue weighted by molar-refractivity contribution is 0.102. The summed E-state index contributed by atoms with van der Waals surface area (Å²) in [6, 6.07) is 16.7. The van der Waals surface area contributed by atoms with Gasteiger partial charge in [0.25, 0.3) is 0 Å². The number of ether oxygens (including phenoxy) is 1. The van der Waals surface area contributed by atoms with Gasteiger partial charge >= 0.3 is 0 Å². The van der Waals surface area contributed by atoms with Gasteiger partial charge < -0.3 is 10.1 Å². The molecule has 0 bridgehead atoms. The van der Waals surface area contributed by atoms with E-state index in [1.165, 1.54) is 11.1 Å². The number of nitrogens with one attached hydrogen (secondary N) is 1. The van der Waals surface area contributed by atoms with Crippen LogP contribution in [0.25, 0.3) is 0 Å². The second kappa shape index (κ2) is 8.18. The minimum Gasteiger partial charge on any atom is -0.375 e. The Morgan fingerprint density at radius 1 is 1.10 bits per heavy atom. The zero-order valence-electron chi connectivity index (χ0n) is 12.6. The molecule has 0 heterocycles. The van der Waals surface area contributed by atoms with Crippen LogP contribution in [-0.2, 0) is 17.9 Å². The molecule has 112 valence electrons. The Hall–Kier alpha value is -1.35. The Morgan fingerprint density at radius 3 is 2.57 bits per heavy atom. The van der Waals surface area contributed by atoms with Crippen LogP contribution in [0.5, 0.6) is 0 Å². The predicted molar refractivity (Wildman–Crippen MR) is 88.6 cm³/mol. The zero-order valence-corrected chi connectivity index (χ0v) is 13.4. The van der Waals surface area contributed by atoms with Crippen LogP contribution in [0.1, 0.15) is 23.6 Å². The molecule has 1 N–H and O–H groups in total. The first-order valence-corrected chi connectivity index (χ1v) is 7.63. The second-order valence-electron chi connectivity index (χ2n) is 5.37. The van der Waals surface area contributed by atoms with Gasteiger partial charge in [0.15, 0.2) is 0 Å². The van der Waals surface area contributed by atoms with Crippen molar-refractivity contribution in [3.05, 3.63) is 70.2 Å². The molecule has 0 saturated heterocycles. The van der Waals surface area contributed by atoms with Gasteiger partial charge in [0, 0.05) is 17.6 Å². The molecule has 0 spiro atoms. The zero-order chi connectivity index (χ0) is 15.1. The summed E-state index contributed by atoms with van der Waals surface area (Å²) in [5.41, 5.74) is 3.56. The molecular formula is C18H22ClNO. The topological polar surface area (TPSA) is 21.3 Å². The third-order valence-corrected chi connectivity index (χ3v) is 3.78. The first-order valence-electron chi connectivity index (χ1n) is 7.25. The highest BCUT2D eigenvalue weighted by Crippen LogP contribution is 2.16. The van der Waals surface area contributed by atoms with E-state index in [1.54, 1.807) is 0 Å². The highest BCUT2D eigenvalue weighted by atomic mass is 35.5. The molecule has 0 aliphatic carbocycles. The van der Waals surface area contributed by atoms with E-state index in [4.69, 9.17) is 16.3 Å². The highest BCUT2D eigenvalue weighted by molar-refractivity contribution is 6.31. The molecule has 2 aromatic carbocycles. The number of hydrogen-bond acceptors (Lipinski definition) is 2. The maximum atomic E-state index is 6.03. The summed E-state index contributed by atoms with van der Waals surface area (Å²) in [4.78, 5) is 0. The van der Waals surface area contributed by atoms with Gasteiger partial charge in [-0.2, -0.15) is 0 Å². The van der Waals surface area contributed by atoms with Crippen LogP contribution >= 0.6 is 11.6 Å². The predicted octanol–water partition coefficient (Wildman–Crippen LogP) is 4.34. The lowest BCUT2D eigenvalue weighted by atomic mass is 10.1. The van der Waals surface area contributed by atoms with Gasteiger partial charge in [0.2, 0.25) is 0 Å². The number of rotatable bonds is 7. The van der Waals surface area contributed by atoms with Gasteiger partial charge in [-0.25, -0.2) is 0 Å². The Balaban J connectivity index is 1.69. The Bertz CT molecular complexity index is 556. The summed E-state index contributed by atoms with van der Waals surface area (Å²) in [6.07, 6.45) is 0. The van der Waals surface area contributed by atoms with Crippen molar-refractivity contribution < 1.29 is 4.74 Å². The fourth-order valence-corrected chi connectivity index (χ4v) is 2.21. The molecule has 2 rings (SSSR count). The van der Waals surface area contributed by atoms with Crippen LogP contribution in [0.4, 0.5) is 0 Å². The molecule has 0 fully saturated rings. The van der Waals surface area contributed by atoms with E-state index in [0.717, 1.165) is 17.1 Å². The smallest absolute Gasteiger partial charge is 0.0717 e. The van der Waals surface area contributed by atoms with E-state index in [1.807, 2.05) is 31.2 Å². The van der Waals surface area contributed by atoms with Crippen molar-refractivity contribution in [1.82, 2.24) is 5.32 Å². The number of aryl methyl sites for hydroxylation is 1. The van der Waals surface area contributed by atoms with E-state index in [-0.39, 0.29) is 0 Å². The molecule has 0 aromatic heterocycles. The van der Waals surface area contributed by atoms with Crippen LogP contribution in [0.2, 0.25) is 5.02 Å². The number of halogens is 1. The largest absolute Gasteiger partial charge is 0.375 e. The summed E-state index contributed by atoms with van der Waals surface area (Å²) < 4.78 is 5.73. The van der Waals surface area contributed by atoms with Crippen molar-refractivity contribution in [2.24, 2.45) is 0 Å². The lowest BCUT2D eigenvalue weighted by Crippen LogP contribution is -2.30. The molecule has 21 heavy (non-hydrogen) atoms. The van der Waals surface area contributed by atoms with Gasteiger partial charge in [0.1, 0.15) is 0 Å². The quantitative estimate of drug-likeness (QED) is 0.821. The van der Waals surface area contributed by atoms with Crippen molar-refractivity contribution in [3.8, 4) is 0 Å². The van der Waals surface area contributed by atoms with Crippen LogP contribution in [0.15, 0.2) is 48.5 Å². The van der Waals surface area contributed by atoms with Gasteiger partial charge in [-0.1, -0.05) is 54.1 Å². The maximum Gasteiger partial charge on any atom is 0.0717 e. The molecule has 0 saturated carbocycles. The summed E-state index contributed by atoms with van der Waals surface area (Å²) in [7, 11) is 0. The molecule has 3 heteroatoms. The van der Waals surface area contributed by atoms with E-state index < -0.39 is 0 Å². The molecule has 0 amide bonds. The van der Waals surface area contributed by atoms with Gasteiger partial charge in [-0.15, -0.1) is 0 Å². The minimum atomic E-state index is 0.310. The SMILES string of the molecule is Cc1cc(CNC(C)COCc2ccccc2)ccc1Cl. The van der Waals surface area contributed by atoms with Crippen molar-refractivity contribution in [2.75, 3.05) is 6.61 Å². The summed E-state index contributed by atoms with van der Waals surface area (Å²) in [5, 5.41) is 4.28. The fourth-order valence-electron chi connectivity index (χ4n) is 2.10. The normalized spacial score (nSPS) is 12.3. The van der Waals surface area contributed by atoms with Crippen molar-refractivity contribution in [1.29, 1.82) is 0 Å². The molecule has 1 atom stereocenters. The Kier molecular flexibility index (Phi) is 6.24. The van der Waals surface area contributed by atoms with Crippen LogP contribution in [0.3, 0.4) is 0 Å². The molecule has 2 nitrogen and oxygen atoms in total. The second-order valence-corrected chi connectivity index (χ2v) is 5.77. The summed E-state index contributed by atoms with van der Waals surface area (Å²) >= 11 is 6.03. The molecular weight excluding hydrogens is 282 g/mol. The molecule has 0 aliphatic heterocycles. The van der Waals surface area contributed by atoms with Gasteiger partial charge in [-0.05, 0) is 36.6 Å². The first-order chi connectivity index (χ1) is 10.1. The third-order valence-electron chi connectivity index (χ3n) is 3.36. The van der Waals surface area contributed by atoms with Gasteiger partial charge in [0.05, 0.1) is 13.2 Å². The molecule has 2 aromatic rings. The van der Waals surface area contributed by atoms with Crippen LogP contribution < -0.4 is 5.32 Å². The fraction of sp³-hybridized carbons (Fsp3) is 0.333. The van der Waals surface area contributed by atoms with Crippen LogP contribution in [0, 0.1) is 6.92 Å². The first kappa shape index (κ1) is 16.0. The van der Waals surface area contributed by atoms with Crippen LogP contribution in [-0.4, -0.2) is 12.6 Å². The standard InChI is InChI=1S/C18H22ClNO/c1-14-10-17(8-9-18(14)19)11-20-15(2)12-21-13-16-6-4-3-5-7-16/h3-10,15,20H,11-13H2,1-2H3. The highest BCUT2D eigenvalue weighted by Gasteiger charge is 2.03. The van der Waals surface area contributed by atoms with Crippen molar-refractivity contribution >= 4 is 11.6 Å². The van der Waals surface area contributed by atoms with E-state index in [2.05, 4.69) is 36.5 Å². The Morgan fingerprint density at radius 2 is 1.86 bits per heavy atom.